The Labute approximate surface area is 251 Å². The van der Waals surface area contributed by atoms with Gasteiger partial charge in [-0.25, -0.2) is 4.98 Å². The topological polar surface area (TPSA) is 76.6 Å². The minimum absolute atomic E-state index is 0.327. The van der Waals surface area contributed by atoms with Gasteiger partial charge in [0.05, 0.1) is 27.6 Å². The monoisotopic (exact) mass is 621 g/mol. The van der Waals surface area contributed by atoms with Crippen molar-refractivity contribution in [2.45, 2.75) is 18.9 Å². The first kappa shape index (κ1) is 29.4. The van der Waals surface area contributed by atoms with Crippen molar-refractivity contribution in [3.63, 3.8) is 0 Å². The number of piperazine rings is 1. The molecule has 1 aromatic heterocycles. The van der Waals surface area contributed by atoms with E-state index in [4.69, 9.17) is 34.8 Å². The summed E-state index contributed by atoms with van der Waals surface area (Å²) in [6.07, 6.45) is 3.71. The number of hydrogen-bond donors (Lipinski definition) is 2. The number of piperidine rings is 1. The van der Waals surface area contributed by atoms with Crippen molar-refractivity contribution in [1.82, 2.24) is 19.8 Å². The van der Waals surface area contributed by atoms with Crippen molar-refractivity contribution in [2.24, 2.45) is 0 Å². The smallest absolute Gasteiger partial charge is 0.229 e. The fourth-order valence-electron chi connectivity index (χ4n) is 5.40. The fourth-order valence-corrected chi connectivity index (χ4v) is 7.42. The third-order valence-corrected chi connectivity index (χ3v) is 9.99. The third-order valence-electron chi connectivity index (χ3n) is 7.59. The summed E-state index contributed by atoms with van der Waals surface area (Å²) in [6.45, 7) is 9.84. The zero-order valence-electron chi connectivity index (χ0n) is 23.0. The van der Waals surface area contributed by atoms with Crippen molar-refractivity contribution in [1.29, 1.82) is 0 Å². The highest BCUT2D eigenvalue weighted by Gasteiger charge is 2.28. The van der Waals surface area contributed by atoms with Gasteiger partial charge in [0, 0.05) is 56.3 Å². The summed E-state index contributed by atoms with van der Waals surface area (Å²) in [4.78, 5) is 16.2. The molecule has 214 valence electrons. The molecule has 12 heteroatoms. The Balaban J connectivity index is 1.28. The number of benzene rings is 2. The molecule has 5 rings (SSSR count). The Bertz CT molecular complexity index is 1380. The van der Waals surface area contributed by atoms with Gasteiger partial charge in [-0.2, -0.15) is 4.98 Å². The number of halogens is 3. The highest BCUT2D eigenvalue weighted by atomic mass is 35.5. The van der Waals surface area contributed by atoms with Crippen molar-refractivity contribution < 1.29 is 4.57 Å². The number of para-hydroxylation sites is 1. The molecule has 0 spiro atoms. The molecule has 2 aromatic carbocycles. The largest absolute Gasteiger partial charge is 0.369 e. The Morgan fingerprint density at radius 1 is 0.900 bits per heavy atom. The zero-order valence-corrected chi connectivity index (χ0v) is 26.2. The minimum atomic E-state index is -2.52. The van der Waals surface area contributed by atoms with Crippen LogP contribution in [-0.4, -0.2) is 85.5 Å². The van der Waals surface area contributed by atoms with Crippen LogP contribution in [0.5, 0.6) is 0 Å². The Kier molecular flexibility index (Phi) is 9.15. The number of nitrogens with one attached hydrogen (secondary N) is 2. The standard InChI is InChI=1S/C28H35Cl3N7OP/c1-36-12-14-37(15-13-36)20-8-10-38(11-9-20)26-21(29)16-19(17-22(26)30)33-28-32-18-23(31)27(35-28)34-24-6-4-5-7-25(24)40(2,3)39/h4-7,16-18,20H,8-15H2,1-3H3,(H2,32,33,34,35). The predicted octanol–water partition coefficient (Wildman–Crippen LogP) is 6.39. The highest BCUT2D eigenvalue weighted by molar-refractivity contribution is 7.70. The van der Waals surface area contributed by atoms with Crippen molar-refractivity contribution >= 4 is 76.1 Å². The lowest BCUT2D eigenvalue weighted by Crippen LogP contribution is -2.52. The molecule has 2 aliphatic rings. The van der Waals surface area contributed by atoms with E-state index in [-0.39, 0.29) is 0 Å². The van der Waals surface area contributed by atoms with Crippen LogP contribution in [0.2, 0.25) is 15.1 Å². The normalized spacial score (nSPS) is 17.7. The number of rotatable bonds is 7. The first-order valence-electron chi connectivity index (χ1n) is 13.5. The highest BCUT2D eigenvalue weighted by Crippen LogP contribution is 2.40. The summed E-state index contributed by atoms with van der Waals surface area (Å²) in [7, 11) is -0.328. The van der Waals surface area contributed by atoms with E-state index >= 15 is 0 Å². The number of nitrogens with zero attached hydrogens (tertiary/aromatic N) is 5. The molecule has 2 fully saturated rings. The molecule has 2 saturated heterocycles. The lowest BCUT2D eigenvalue weighted by molar-refractivity contribution is 0.0982. The van der Waals surface area contributed by atoms with Crippen LogP contribution in [0.25, 0.3) is 0 Å². The summed E-state index contributed by atoms with van der Waals surface area (Å²) < 4.78 is 12.8. The van der Waals surface area contributed by atoms with Gasteiger partial charge in [-0.15, -0.1) is 0 Å². The Morgan fingerprint density at radius 3 is 2.20 bits per heavy atom. The number of anilines is 5. The molecule has 0 amide bonds. The summed E-state index contributed by atoms with van der Waals surface area (Å²) in [5.41, 5.74) is 2.23. The molecule has 0 unspecified atom stereocenters. The van der Waals surface area contributed by atoms with Gasteiger partial charge in [0.15, 0.2) is 5.82 Å². The number of hydrogen-bond acceptors (Lipinski definition) is 8. The average molecular weight is 623 g/mol. The lowest BCUT2D eigenvalue weighted by atomic mass is 10.0. The first-order chi connectivity index (χ1) is 19.1. The second-order valence-corrected chi connectivity index (χ2v) is 15.3. The molecule has 3 heterocycles. The first-order valence-corrected chi connectivity index (χ1v) is 17.2. The maximum Gasteiger partial charge on any atom is 0.229 e. The molecule has 2 N–H and O–H groups in total. The van der Waals surface area contributed by atoms with Crippen LogP contribution >= 0.6 is 41.9 Å². The van der Waals surface area contributed by atoms with Crippen LogP contribution in [-0.2, 0) is 4.57 Å². The minimum Gasteiger partial charge on any atom is -0.369 e. The second kappa shape index (κ2) is 12.4. The molecule has 3 aromatic rings. The average Bonchev–Trinajstić information content (AvgIpc) is 2.91. The SMILES string of the molecule is CN1CCN(C2CCN(c3c(Cl)cc(Nc4ncc(Cl)c(Nc5ccccc5P(C)(C)=O)n4)cc3Cl)CC2)CC1. The van der Waals surface area contributed by atoms with Gasteiger partial charge >= 0.3 is 0 Å². The van der Waals surface area contributed by atoms with Crippen molar-refractivity contribution in [3.05, 3.63) is 57.7 Å². The maximum absolute atomic E-state index is 12.8. The van der Waals surface area contributed by atoms with Gasteiger partial charge in [0.1, 0.15) is 12.2 Å². The van der Waals surface area contributed by atoms with Crippen LogP contribution in [0.3, 0.4) is 0 Å². The molecule has 2 aliphatic heterocycles. The van der Waals surface area contributed by atoms with Crippen LogP contribution in [0.15, 0.2) is 42.6 Å². The number of likely N-dealkylation sites (N-methyl/N-ethyl adjacent to an activating group) is 1. The Morgan fingerprint density at radius 2 is 1.55 bits per heavy atom. The van der Waals surface area contributed by atoms with E-state index in [1.54, 1.807) is 13.3 Å². The van der Waals surface area contributed by atoms with Gasteiger partial charge in [0.25, 0.3) is 0 Å². The molecule has 40 heavy (non-hydrogen) atoms. The van der Waals surface area contributed by atoms with E-state index in [9.17, 15) is 4.57 Å². The van der Waals surface area contributed by atoms with Gasteiger partial charge in [0.2, 0.25) is 5.95 Å². The summed E-state index contributed by atoms with van der Waals surface area (Å²) >= 11 is 20.0. The van der Waals surface area contributed by atoms with Crippen molar-refractivity contribution in [3.8, 4) is 0 Å². The molecule has 0 aliphatic carbocycles. The molecule has 8 nitrogen and oxygen atoms in total. The molecule has 0 atom stereocenters. The van der Waals surface area contributed by atoms with Crippen LogP contribution < -0.4 is 20.8 Å². The lowest BCUT2D eigenvalue weighted by Gasteiger charge is -2.43. The van der Waals surface area contributed by atoms with E-state index in [2.05, 4.69) is 42.3 Å². The molecular formula is C28H35Cl3N7OP. The van der Waals surface area contributed by atoms with E-state index in [1.807, 2.05) is 36.4 Å². The fraction of sp³-hybridized carbons (Fsp3) is 0.429. The summed E-state index contributed by atoms with van der Waals surface area (Å²) in [6, 6.07) is 11.7. The Hall–Kier alpha value is -2.06. The molecule has 0 saturated carbocycles. The van der Waals surface area contributed by atoms with E-state index in [0.717, 1.165) is 63.1 Å². The van der Waals surface area contributed by atoms with E-state index in [0.29, 0.717) is 44.3 Å². The van der Waals surface area contributed by atoms with Crippen LogP contribution in [0.4, 0.5) is 28.8 Å². The van der Waals surface area contributed by atoms with Crippen LogP contribution in [0, 0.1) is 0 Å². The van der Waals surface area contributed by atoms with Gasteiger partial charge in [-0.3, -0.25) is 4.90 Å². The van der Waals surface area contributed by atoms with Crippen LogP contribution in [0.1, 0.15) is 12.8 Å². The molecular weight excluding hydrogens is 588 g/mol. The van der Waals surface area contributed by atoms with Gasteiger partial charge in [-0.05, 0) is 57.5 Å². The van der Waals surface area contributed by atoms with Crippen molar-refractivity contribution in [2.75, 3.05) is 75.2 Å². The summed E-state index contributed by atoms with van der Waals surface area (Å²) in [5.74, 6) is 0.727. The maximum atomic E-state index is 12.8. The van der Waals surface area contributed by atoms with Gasteiger partial charge < -0.3 is 25.0 Å². The third kappa shape index (κ3) is 6.87. The number of aromatic nitrogens is 2. The summed E-state index contributed by atoms with van der Waals surface area (Å²) in [5, 5.41) is 8.64. The van der Waals surface area contributed by atoms with E-state index < -0.39 is 7.14 Å². The zero-order chi connectivity index (χ0) is 28.4. The quantitative estimate of drug-likeness (QED) is 0.294. The van der Waals surface area contributed by atoms with Gasteiger partial charge in [-0.1, -0.05) is 46.9 Å². The molecule has 0 radical (unpaired) electrons. The molecule has 0 bridgehead atoms. The van der Waals surface area contributed by atoms with E-state index in [1.165, 1.54) is 6.20 Å². The predicted molar refractivity (Wildman–Crippen MR) is 170 cm³/mol. The second-order valence-electron chi connectivity index (χ2n) is 10.9.